The Morgan fingerprint density at radius 2 is 1.80 bits per heavy atom. The summed E-state index contributed by atoms with van der Waals surface area (Å²) in [6.45, 7) is 2.81. The topological polar surface area (TPSA) is 0 Å². The molecule has 1 aliphatic rings. The van der Waals surface area contributed by atoms with E-state index in [-0.39, 0.29) is 51.0 Å². The van der Waals surface area contributed by atoms with Gasteiger partial charge in [0.2, 0.25) is 0 Å². The van der Waals surface area contributed by atoms with Gasteiger partial charge in [0.15, 0.2) is 0 Å². The molecule has 2 rings (SSSR count). The van der Waals surface area contributed by atoms with E-state index in [0.29, 0.717) is 6.71 Å². The maximum atomic E-state index is 3.17. The van der Waals surface area contributed by atoms with Crippen LogP contribution in [0.1, 0.15) is 0 Å². The minimum absolute atomic E-state index is 0. The first-order chi connectivity index (χ1) is 5.89. The number of halogens is 2. The third kappa shape index (κ3) is 12.3. The summed E-state index contributed by atoms with van der Waals surface area (Å²) in [5.41, 5.74) is 0. The average molecular weight is 318 g/mol. The summed E-state index contributed by atoms with van der Waals surface area (Å²) in [7, 11) is 0. The Morgan fingerprint density at radius 1 is 1.20 bits per heavy atom. The van der Waals surface area contributed by atoms with E-state index >= 15 is 0 Å². The van der Waals surface area contributed by atoms with Crippen LogP contribution in [-0.4, -0.2) is 6.71 Å². The van der Waals surface area contributed by atoms with Crippen molar-refractivity contribution >= 4 is 6.71 Å². The molecular formula is C11H13BCl2Zr. The maximum absolute atomic E-state index is 3.17. The fraction of sp³-hybridized carbons (Fsp3) is 0.182. The van der Waals surface area contributed by atoms with Crippen LogP contribution in [0.5, 0.6) is 0 Å². The van der Waals surface area contributed by atoms with Crippen molar-refractivity contribution in [2.45, 2.75) is 13.1 Å². The Balaban J connectivity index is -0.000000165. The SMILES string of the molecule is CB1[C-]=CC=CC1.[Cl-].[Cl-].[Zr+4].c1cc[cH-]c1. The van der Waals surface area contributed by atoms with Gasteiger partial charge in [-0.3, -0.25) is 0 Å². The van der Waals surface area contributed by atoms with E-state index in [4.69, 9.17) is 0 Å². The van der Waals surface area contributed by atoms with E-state index in [1.54, 1.807) is 0 Å². The van der Waals surface area contributed by atoms with Crippen LogP contribution in [-0.2, 0) is 26.2 Å². The van der Waals surface area contributed by atoms with Crippen molar-refractivity contribution in [3.8, 4) is 0 Å². The van der Waals surface area contributed by atoms with Crippen molar-refractivity contribution in [1.29, 1.82) is 0 Å². The first-order valence-corrected chi connectivity index (χ1v) is 4.30. The molecule has 0 amide bonds. The molecule has 78 valence electrons. The predicted molar refractivity (Wildman–Crippen MR) is 55.4 cm³/mol. The summed E-state index contributed by atoms with van der Waals surface area (Å²) in [5, 5.41) is 0. The normalized spacial score (nSPS) is 11.1. The van der Waals surface area contributed by atoms with Crippen LogP contribution in [0.25, 0.3) is 0 Å². The number of allylic oxidation sites excluding steroid dienone is 3. The Hall–Kier alpha value is 0.358. The van der Waals surface area contributed by atoms with Gasteiger partial charge in [-0.15, -0.1) is 0 Å². The summed E-state index contributed by atoms with van der Waals surface area (Å²) in [5.74, 6) is 3.17. The largest absolute Gasteiger partial charge is 4.00 e. The molecule has 0 atom stereocenters. The average Bonchev–Trinajstić information content (AvgIpc) is 2.62. The Bertz CT molecular complexity index is 228. The van der Waals surface area contributed by atoms with E-state index in [9.17, 15) is 0 Å². The molecule has 1 aliphatic heterocycles. The standard InChI is InChI=1S/C6H8B.C5H5.2ClH.Zr/c1-7-5-3-2-4-6-7;1-2-4-5-3-1;;;/h2-4H,5H2,1H3;1-5H;2*1H;/q2*-1;;;+4/p-2. The molecule has 15 heavy (non-hydrogen) atoms. The van der Waals surface area contributed by atoms with Gasteiger partial charge in [-0.25, -0.2) is 24.3 Å². The summed E-state index contributed by atoms with van der Waals surface area (Å²) in [4.78, 5) is 0. The molecule has 1 aromatic carbocycles. The minimum atomic E-state index is 0. The van der Waals surface area contributed by atoms with Crippen molar-refractivity contribution in [2.75, 3.05) is 0 Å². The van der Waals surface area contributed by atoms with Crippen LogP contribution in [0.15, 0.2) is 48.6 Å². The molecule has 0 unspecified atom stereocenters. The fourth-order valence-electron chi connectivity index (χ4n) is 0.959. The van der Waals surface area contributed by atoms with Crippen LogP contribution in [0.3, 0.4) is 0 Å². The van der Waals surface area contributed by atoms with Gasteiger partial charge in [0.1, 0.15) is 0 Å². The molecule has 0 saturated heterocycles. The summed E-state index contributed by atoms with van der Waals surface area (Å²) < 4.78 is 0. The fourth-order valence-corrected chi connectivity index (χ4v) is 0.959. The van der Waals surface area contributed by atoms with Gasteiger partial charge >= 0.3 is 26.2 Å². The zero-order valence-corrected chi connectivity index (χ0v) is 12.6. The quantitative estimate of drug-likeness (QED) is 0.353. The number of rotatable bonds is 0. The second kappa shape index (κ2) is 14.4. The smallest absolute Gasteiger partial charge is 1.00 e. The molecule has 0 aliphatic carbocycles. The summed E-state index contributed by atoms with van der Waals surface area (Å²) in [6.07, 6.45) is 7.35. The van der Waals surface area contributed by atoms with Gasteiger partial charge in [0.05, 0.1) is 6.71 Å². The second-order valence-electron chi connectivity index (χ2n) is 2.86. The molecule has 0 radical (unpaired) electrons. The van der Waals surface area contributed by atoms with Gasteiger partial charge in [0.25, 0.3) is 0 Å². The van der Waals surface area contributed by atoms with E-state index in [0.717, 1.165) is 6.32 Å². The third-order valence-corrected chi connectivity index (χ3v) is 1.66. The van der Waals surface area contributed by atoms with Gasteiger partial charge < -0.3 is 30.8 Å². The number of hydrogen-bond acceptors (Lipinski definition) is 0. The molecule has 0 bridgehead atoms. The summed E-state index contributed by atoms with van der Waals surface area (Å²) in [6, 6.07) is 10.0. The van der Waals surface area contributed by atoms with Crippen molar-refractivity contribution < 1.29 is 51.0 Å². The van der Waals surface area contributed by atoms with E-state index < -0.39 is 0 Å². The van der Waals surface area contributed by atoms with Crippen molar-refractivity contribution in [1.82, 2.24) is 0 Å². The van der Waals surface area contributed by atoms with E-state index in [2.05, 4.69) is 18.9 Å². The Labute approximate surface area is 125 Å². The molecule has 0 nitrogen and oxygen atoms in total. The van der Waals surface area contributed by atoms with E-state index in [1.165, 1.54) is 0 Å². The Morgan fingerprint density at radius 3 is 2.00 bits per heavy atom. The Kier molecular flexibility index (Phi) is 19.8. The third-order valence-electron chi connectivity index (χ3n) is 1.66. The molecule has 0 aromatic heterocycles. The van der Waals surface area contributed by atoms with Gasteiger partial charge in [-0.2, -0.15) is 24.3 Å². The monoisotopic (exact) mass is 316 g/mol. The first-order valence-electron chi connectivity index (χ1n) is 4.30. The molecule has 0 N–H and O–H groups in total. The second-order valence-corrected chi connectivity index (χ2v) is 2.86. The molecule has 0 saturated carbocycles. The first kappa shape index (κ1) is 20.7. The zero-order chi connectivity index (χ0) is 8.65. The predicted octanol–water partition coefficient (Wildman–Crippen LogP) is -3.01. The molecule has 0 spiro atoms. The van der Waals surface area contributed by atoms with Crippen molar-refractivity contribution in [3.05, 3.63) is 54.5 Å². The maximum Gasteiger partial charge on any atom is 4.00 e. The van der Waals surface area contributed by atoms with Crippen LogP contribution in [0.2, 0.25) is 13.1 Å². The number of hydrogen-bond donors (Lipinski definition) is 0. The van der Waals surface area contributed by atoms with Gasteiger partial charge in [-0.1, -0.05) is 13.1 Å². The molecular weight excluding hydrogens is 305 g/mol. The molecule has 1 aromatic rings. The summed E-state index contributed by atoms with van der Waals surface area (Å²) >= 11 is 0. The van der Waals surface area contributed by atoms with Crippen LogP contribution >= 0.6 is 0 Å². The van der Waals surface area contributed by atoms with Crippen LogP contribution in [0, 0.1) is 5.98 Å². The van der Waals surface area contributed by atoms with E-state index in [1.807, 2.05) is 42.5 Å². The minimum Gasteiger partial charge on any atom is -1.00 e. The van der Waals surface area contributed by atoms with Gasteiger partial charge in [0, 0.05) is 0 Å². The molecule has 4 heteroatoms. The van der Waals surface area contributed by atoms with Crippen molar-refractivity contribution in [2.24, 2.45) is 0 Å². The van der Waals surface area contributed by atoms with Gasteiger partial charge in [-0.05, 0) is 0 Å². The zero-order valence-electron chi connectivity index (χ0n) is 8.66. The van der Waals surface area contributed by atoms with Crippen LogP contribution in [0.4, 0.5) is 0 Å². The van der Waals surface area contributed by atoms with Crippen molar-refractivity contribution in [3.63, 3.8) is 0 Å². The molecule has 0 fully saturated rings. The molecule has 1 heterocycles. The van der Waals surface area contributed by atoms with Crippen LogP contribution < -0.4 is 24.8 Å².